The summed E-state index contributed by atoms with van der Waals surface area (Å²) in [6.45, 7) is 0. The molecule has 2 aromatic rings. The van der Waals surface area contributed by atoms with Gasteiger partial charge in [0, 0.05) is 10.0 Å². The van der Waals surface area contributed by atoms with E-state index >= 15 is 0 Å². The molecule has 1 atom stereocenters. The van der Waals surface area contributed by atoms with Crippen LogP contribution in [0.3, 0.4) is 0 Å². The summed E-state index contributed by atoms with van der Waals surface area (Å²) in [7, 11) is 0. The number of para-hydroxylation sites is 1. The summed E-state index contributed by atoms with van der Waals surface area (Å²) >= 11 is 9.10. The SMILES string of the molecule is O=C(O)C(Nc1ccccc1Cl)c1ccc(Br)cc1F. The number of benzene rings is 2. The smallest absolute Gasteiger partial charge is 0.330 e. The fourth-order valence-corrected chi connectivity index (χ4v) is 2.27. The Labute approximate surface area is 128 Å². The van der Waals surface area contributed by atoms with E-state index in [4.69, 9.17) is 11.6 Å². The Kier molecular flexibility index (Phi) is 4.62. The van der Waals surface area contributed by atoms with E-state index in [1.54, 1.807) is 30.3 Å². The fraction of sp³-hybridized carbons (Fsp3) is 0.0714. The predicted molar refractivity (Wildman–Crippen MR) is 79.6 cm³/mol. The van der Waals surface area contributed by atoms with Crippen molar-refractivity contribution in [3.05, 3.63) is 63.3 Å². The van der Waals surface area contributed by atoms with Crippen LogP contribution in [0.25, 0.3) is 0 Å². The van der Waals surface area contributed by atoms with Crippen molar-refractivity contribution in [1.82, 2.24) is 0 Å². The molecule has 0 bridgehead atoms. The van der Waals surface area contributed by atoms with Crippen molar-refractivity contribution < 1.29 is 14.3 Å². The number of hydrogen-bond acceptors (Lipinski definition) is 2. The molecule has 2 aromatic carbocycles. The number of nitrogens with one attached hydrogen (secondary N) is 1. The van der Waals surface area contributed by atoms with Crippen LogP contribution in [0.2, 0.25) is 5.02 Å². The molecule has 0 spiro atoms. The average molecular weight is 359 g/mol. The van der Waals surface area contributed by atoms with E-state index in [9.17, 15) is 14.3 Å². The molecule has 104 valence electrons. The zero-order valence-electron chi connectivity index (χ0n) is 10.1. The van der Waals surface area contributed by atoms with E-state index in [2.05, 4.69) is 21.2 Å². The van der Waals surface area contributed by atoms with E-state index in [1.165, 1.54) is 12.1 Å². The maximum Gasteiger partial charge on any atom is 0.330 e. The standard InChI is InChI=1S/C14H10BrClFNO2/c15-8-5-6-9(11(17)7-8)13(14(19)20)18-12-4-2-1-3-10(12)16/h1-7,13,18H,(H,19,20). The number of hydrogen-bond donors (Lipinski definition) is 2. The van der Waals surface area contributed by atoms with Crippen LogP contribution in [-0.4, -0.2) is 11.1 Å². The molecular weight excluding hydrogens is 349 g/mol. The minimum atomic E-state index is -1.22. The van der Waals surface area contributed by atoms with Gasteiger partial charge in [-0.25, -0.2) is 9.18 Å². The van der Waals surface area contributed by atoms with Crippen molar-refractivity contribution in [1.29, 1.82) is 0 Å². The van der Waals surface area contributed by atoms with Crippen molar-refractivity contribution in [2.45, 2.75) is 6.04 Å². The lowest BCUT2D eigenvalue weighted by Crippen LogP contribution is -2.21. The zero-order valence-corrected chi connectivity index (χ0v) is 12.5. The predicted octanol–water partition coefficient (Wildman–Crippen LogP) is 4.48. The molecule has 0 aliphatic rings. The quantitative estimate of drug-likeness (QED) is 0.847. The Hall–Kier alpha value is -1.59. The number of carboxylic acid groups (broad SMARTS) is 1. The third kappa shape index (κ3) is 3.29. The number of rotatable bonds is 4. The van der Waals surface area contributed by atoms with Gasteiger partial charge in [0.2, 0.25) is 0 Å². The Morgan fingerprint density at radius 3 is 2.60 bits per heavy atom. The van der Waals surface area contributed by atoms with Gasteiger partial charge in [-0.2, -0.15) is 0 Å². The fourth-order valence-electron chi connectivity index (χ4n) is 1.74. The first-order chi connectivity index (χ1) is 9.49. The summed E-state index contributed by atoms with van der Waals surface area (Å²) in [5.41, 5.74) is 0.476. The van der Waals surface area contributed by atoms with Gasteiger partial charge in [0.15, 0.2) is 6.04 Å². The molecule has 0 aliphatic heterocycles. The van der Waals surface area contributed by atoms with Gasteiger partial charge in [0.05, 0.1) is 10.7 Å². The second kappa shape index (κ2) is 6.24. The van der Waals surface area contributed by atoms with Crippen LogP contribution in [0.5, 0.6) is 0 Å². The summed E-state index contributed by atoms with van der Waals surface area (Å²) in [6.07, 6.45) is 0. The first kappa shape index (κ1) is 14.8. The second-order valence-electron chi connectivity index (χ2n) is 4.06. The molecule has 0 aromatic heterocycles. The monoisotopic (exact) mass is 357 g/mol. The van der Waals surface area contributed by atoms with Crippen LogP contribution < -0.4 is 5.32 Å². The van der Waals surface area contributed by atoms with Crippen molar-refractivity contribution in [2.75, 3.05) is 5.32 Å². The second-order valence-corrected chi connectivity index (χ2v) is 5.38. The van der Waals surface area contributed by atoms with Crippen LogP contribution in [0.4, 0.5) is 10.1 Å². The molecule has 20 heavy (non-hydrogen) atoms. The number of carboxylic acids is 1. The van der Waals surface area contributed by atoms with Gasteiger partial charge in [-0.05, 0) is 24.3 Å². The van der Waals surface area contributed by atoms with Crippen molar-refractivity contribution >= 4 is 39.2 Å². The van der Waals surface area contributed by atoms with Gasteiger partial charge < -0.3 is 10.4 Å². The topological polar surface area (TPSA) is 49.3 Å². The minimum absolute atomic E-state index is 0.0422. The van der Waals surface area contributed by atoms with Crippen molar-refractivity contribution in [3.8, 4) is 0 Å². The first-order valence-electron chi connectivity index (χ1n) is 5.68. The first-order valence-corrected chi connectivity index (χ1v) is 6.85. The highest BCUT2D eigenvalue weighted by Crippen LogP contribution is 2.28. The van der Waals surface area contributed by atoms with Gasteiger partial charge in [-0.3, -0.25) is 0 Å². The van der Waals surface area contributed by atoms with Gasteiger partial charge in [0.25, 0.3) is 0 Å². The zero-order chi connectivity index (χ0) is 14.7. The Morgan fingerprint density at radius 1 is 1.30 bits per heavy atom. The van der Waals surface area contributed by atoms with Crippen LogP contribution >= 0.6 is 27.5 Å². The molecule has 0 amide bonds. The summed E-state index contributed by atoms with van der Waals surface area (Å²) < 4.78 is 14.4. The molecule has 0 saturated carbocycles. The third-order valence-corrected chi connectivity index (χ3v) is 3.52. The molecule has 3 nitrogen and oxygen atoms in total. The van der Waals surface area contributed by atoms with E-state index in [0.717, 1.165) is 0 Å². The normalized spacial score (nSPS) is 11.9. The van der Waals surface area contributed by atoms with Gasteiger partial charge in [0.1, 0.15) is 5.82 Å². The van der Waals surface area contributed by atoms with E-state index in [-0.39, 0.29) is 5.56 Å². The summed E-state index contributed by atoms with van der Waals surface area (Å²) in [5, 5.41) is 12.4. The number of aliphatic carboxylic acids is 1. The highest BCUT2D eigenvalue weighted by Gasteiger charge is 2.23. The highest BCUT2D eigenvalue weighted by atomic mass is 79.9. The minimum Gasteiger partial charge on any atom is -0.479 e. The maximum atomic E-state index is 13.9. The van der Waals surface area contributed by atoms with Crippen molar-refractivity contribution in [2.24, 2.45) is 0 Å². The van der Waals surface area contributed by atoms with Gasteiger partial charge >= 0.3 is 5.97 Å². The molecule has 6 heteroatoms. The molecule has 0 radical (unpaired) electrons. The van der Waals surface area contributed by atoms with Crippen LogP contribution in [-0.2, 0) is 4.79 Å². The van der Waals surface area contributed by atoms with Crippen LogP contribution in [0.15, 0.2) is 46.9 Å². The highest BCUT2D eigenvalue weighted by molar-refractivity contribution is 9.10. The van der Waals surface area contributed by atoms with Crippen LogP contribution in [0.1, 0.15) is 11.6 Å². The van der Waals surface area contributed by atoms with E-state index in [0.29, 0.717) is 15.2 Å². The molecule has 0 fully saturated rings. The number of halogens is 3. The lowest BCUT2D eigenvalue weighted by molar-refractivity contribution is -0.138. The summed E-state index contributed by atoms with van der Waals surface area (Å²) in [6, 6.07) is 9.71. The molecule has 0 saturated heterocycles. The molecule has 0 heterocycles. The molecular formula is C14H10BrClFNO2. The average Bonchev–Trinajstić information content (AvgIpc) is 2.38. The summed E-state index contributed by atoms with van der Waals surface area (Å²) in [4.78, 5) is 11.4. The molecule has 2 N–H and O–H groups in total. The maximum absolute atomic E-state index is 13.9. The van der Waals surface area contributed by atoms with Crippen LogP contribution in [0, 0.1) is 5.82 Å². The molecule has 0 aliphatic carbocycles. The lowest BCUT2D eigenvalue weighted by atomic mass is 10.1. The van der Waals surface area contributed by atoms with Crippen molar-refractivity contribution in [3.63, 3.8) is 0 Å². The lowest BCUT2D eigenvalue weighted by Gasteiger charge is -2.17. The Bertz CT molecular complexity index is 651. The number of carbonyl (C=O) groups is 1. The largest absolute Gasteiger partial charge is 0.479 e. The Morgan fingerprint density at radius 2 is 2.00 bits per heavy atom. The number of anilines is 1. The van der Waals surface area contributed by atoms with Gasteiger partial charge in [-0.15, -0.1) is 0 Å². The third-order valence-electron chi connectivity index (χ3n) is 2.69. The Balaban J connectivity index is 2.37. The molecule has 2 rings (SSSR count). The summed E-state index contributed by atoms with van der Waals surface area (Å²) in [5.74, 6) is -1.79. The van der Waals surface area contributed by atoms with Gasteiger partial charge in [-0.1, -0.05) is 45.7 Å². The van der Waals surface area contributed by atoms with E-state index in [1.807, 2.05) is 0 Å². The molecule has 1 unspecified atom stereocenters. The van der Waals surface area contributed by atoms with E-state index < -0.39 is 17.8 Å².